The maximum atomic E-state index is 12.5. The van der Waals surface area contributed by atoms with Gasteiger partial charge in [-0.05, 0) is 38.5 Å². The average molecular weight is 387 g/mol. The lowest BCUT2D eigenvalue weighted by atomic mass is 10.2. The molecule has 0 amide bonds. The smallest absolute Gasteiger partial charge is 0.259 e. The van der Waals surface area contributed by atoms with Crippen LogP contribution < -0.4 is 10.3 Å². The number of methoxy groups -OCH3 is 1. The quantitative estimate of drug-likeness (QED) is 0.510. The number of hydrogen-bond acceptors (Lipinski definition) is 6. The monoisotopic (exact) mass is 386 g/mol. The number of rotatable bonds is 4. The Morgan fingerprint density at radius 1 is 1.23 bits per heavy atom. The summed E-state index contributed by atoms with van der Waals surface area (Å²) >= 11 is 3.09. The lowest BCUT2D eigenvalue weighted by Crippen LogP contribution is -2.12. The van der Waals surface area contributed by atoms with Crippen molar-refractivity contribution in [1.29, 1.82) is 0 Å². The fraction of sp³-hybridized carbons (Fsp3) is 0.278. The van der Waals surface area contributed by atoms with Crippen LogP contribution in [-0.4, -0.2) is 27.0 Å². The van der Waals surface area contributed by atoms with Gasteiger partial charge in [0.05, 0.1) is 28.8 Å². The van der Waals surface area contributed by atoms with Crippen molar-refractivity contribution >= 4 is 44.3 Å². The first kappa shape index (κ1) is 17.1. The number of nitrogens with zero attached hydrogens (tertiary/aromatic N) is 2. The Kier molecular flexibility index (Phi) is 4.24. The van der Waals surface area contributed by atoms with Gasteiger partial charge in [-0.15, -0.1) is 11.3 Å². The van der Waals surface area contributed by atoms with Crippen LogP contribution in [0.4, 0.5) is 0 Å². The molecule has 3 heterocycles. The van der Waals surface area contributed by atoms with E-state index in [9.17, 15) is 4.79 Å². The minimum Gasteiger partial charge on any atom is -0.497 e. The zero-order valence-electron chi connectivity index (χ0n) is 14.8. The molecule has 1 atom stereocenters. The minimum absolute atomic E-state index is 0.0442. The highest BCUT2D eigenvalue weighted by Gasteiger charge is 2.17. The Bertz CT molecular complexity index is 1180. The van der Waals surface area contributed by atoms with E-state index in [4.69, 9.17) is 4.74 Å². The second-order valence-electron chi connectivity index (χ2n) is 6.10. The molecule has 3 aromatic heterocycles. The second kappa shape index (κ2) is 6.44. The van der Waals surface area contributed by atoms with Crippen molar-refractivity contribution < 1.29 is 4.74 Å². The third-order valence-electron chi connectivity index (χ3n) is 4.40. The van der Waals surface area contributed by atoms with E-state index in [2.05, 4.69) is 19.9 Å². The van der Waals surface area contributed by atoms with Gasteiger partial charge in [-0.3, -0.25) is 4.79 Å². The molecule has 2 N–H and O–H groups in total. The molecule has 0 unspecified atom stereocenters. The third-order valence-corrected chi connectivity index (χ3v) is 6.49. The van der Waals surface area contributed by atoms with E-state index in [-0.39, 0.29) is 10.8 Å². The summed E-state index contributed by atoms with van der Waals surface area (Å²) in [6, 6.07) is 5.72. The number of thiophene rings is 1. The standard InChI is InChI=1S/C18H18N4O2S2/c1-8-9(2)25-17-14(8)16(23)21-15(22-17)10(3)26-18-19-12-6-5-11(24-4)7-13(12)20-18/h5-7,10H,1-4H3,(H,19,20)(H,21,22,23)/t10-/m0/s1. The number of hydrogen-bond donors (Lipinski definition) is 2. The third kappa shape index (κ3) is 2.89. The van der Waals surface area contributed by atoms with Crippen LogP contribution >= 0.6 is 23.1 Å². The minimum atomic E-state index is -0.0753. The maximum Gasteiger partial charge on any atom is 0.259 e. The molecule has 0 saturated carbocycles. The van der Waals surface area contributed by atoms with Crippen LogP contribution in [0.3, 0.4) is 0 Å². The molecule has 0 aliphatic carbocycles. The zero-order chi connectivity index (χ0) is 18.4. The molecule has 8 heteroatoms. The second-order valence-corrected chi connectivity index (χ2v) is 8.63. The normalized spacial score (nSPS) is 12.8. The van der Waals surface area contributed by atoms with E-state index >= 15 is 0 Å². The first-order valence-corrected chi connectivity index (χ1v) is 9.86. The molecule has 0 saturated heterocycles. The topological polar surface area (TPSA) is 83.7 Å². The van der Waals surface area contributed by atoms with E-state index < -0.39 is 0 Å². The van der Waals surface area contributed by atoms with Crippen LogP contribution in [0.1, 0.15) is 28.4 Å². The number of aryl methyl sites for hydroxylation is 2. The van der Waals surface area contributed by atoms with E-state index in [1.165, 1.54) is 11.8 Å². The number of benzene rings is 1. The fourth-order valence-electron chi connectivity index (χ4n) is 2.84. The van der Waals surface area contributed by atoms with Crippen molar-refractivity contribution in [3.05, 3.63) is 44.8 Å². The van der Waals surface area contributed by atoms with E-state index in [1.807, 2.05) is 39.0 Å². The molecule has 134 valence electrons. The first-order valence-electron chi connectivity index (χ1n) is 8.16. The van der Waals surface area contributed by atoms with Crippen molar-refractivity contribution in [1.82, 2.24) is 19.9 Å². The molecule has 4 aromatic rings. The molecule has 0 spiro atoms. The van der Waals surface area contributed by atoms with Crippen LogP contribution in [-0.2, 0) is 0 Å². The van der Waals surface area contributed by atoms with E-state index in [1.54, 1.807) is 18.4 Å². The zero-order valence-corrected chi connectivity index (χ0v) is 16.5. The van der Waals surface area contributed by atoms with Gasteiger partial charge in [0.25, 0.3) is 5.56 Å². The highest BCUT2D eigenvalue weighted by atomic mass is 32.2. The summed E-state index contributed by atoms with van der Waals surface area (Å²) in [5, 5.41) is 1.43. The first-order chi connectivity index (χ1) is 12.5. The number of imidazole rings is 1. The van der Waals surface area contributed by atoms with Gasteiger partial charge in [0.1, 0.15) is 16.4 Å². The van der Waals surface area contributed by atoms with Crippen LogP contribution in [0.25, 0.3) is 21.3 Å². The molecule has 0 bridgehead atoms. The molecule has 0 aliphatic heterocycles. The molecule has 26 heavy (non-hydrogen) atoms. The van der Waals surface area contributed by atoms with Gasteiger partial charge in [-0.25, -0.2) is 9.97 Å². The summed E-state index contributed by atoms with van der Waals surface area (Å²) in [7, 11) is 1.64. The van der Waals surface area contributed by atoms with Gasteiger partial charge >= 0.3 is 0 Å². The highest BCUT2D eigenvalue weighted by molar-refractivity contribution is 7.99. The summed E-state index contributed by atoms with van der Waals surface area (Å²) in [5.74, 6) is 1.44. The molecule has 6 nitrogen and oxygen atoms in total. The number of ether oxygens (including phenoxy) is 1. The van der Waals surface area contributed by atoms with E-state index in [0.717, 1.165) is 37.2 Å². The Hall–Kier alpha value is -2.32. The number of aromatic nitrogens is 4. The lowest BCUT2D eigenvalue weighted by molar-refractivity contribution is 0.415. The number of thioether (sulfide) groups is 1. The average Bonchev–Trinajstić information content (AvgIpc) is 3.14. The van der Waals surface area contributed by atoms with E-state index in [0.29, 0.717) is 11.2 Å². The number of fused-ring (bicyclic) bond motifs is 2. The summed E-state index contributed by atoms with van der Waals surface area (Å²) in [4.78, 5) is 29.9. The highest BCUT2D eigenvalue weighted by Crippen LogP contribution is 2.34. The molecule has 0 aliphatic rings. The SMILES string of the molecule is COc1ccc2nc(S[C@@H](C)c3nc4sc(C)c(C)c4c(=O)[nH]3)[nH]c2c1. The van der Waals surface area contributed by atoms with Crippen molar-refractivity contribution in [3.63, 3.8) is 0 Å². The Balaban J connectivity index is 1.66. The van der Waals surface area contributed by atoms with Crippen molar-refractivity contribution in [2.45, 2.75) is 31.2 Å². The van der Waals surface area contributed by atoms with Crippen molar-refractivity contribution in [2.75, 3.05) is 7.11 Å². The fourth-order valence-corrected chi connectivity index (χ4v) is 4.75. The predicted octanol–water partition coefficient (Wildman–Crippen LogP) is 4.34. The molecule has 1 aromatic carbocycles. The Morgan fingerprint density at radius 3 is 2.81 bits per heavy atom. The van der Waals surface area contributed by atoms with Crippen LogP contribution in [0.2, 0.25) is 0 Å². The number of H-pyrrole nitrogens is 2. The lowest BCUT2D eigenvalue weighted by Gasteiger charge is -2.08. The van der Waals surface area contributed by atoms with Crippen molar-refractivity contribution in [2.24, 2.45) is 0 Å². The molecular formula is C18H18N4O2S2. The van der Waals surface area contributed by atoms with Gasteiger partial charge in [0, 0.05) is 10.9 Å². The molecule has 0 fully saturated rings. The van der Waals surface area contributed by atoms with Gasteiger partial charge in [-0.2, -0.15) is 0 Å². The van der Waals surface area contributed by atoms with Gasteiger partial charge in [0.2, 0.25) is 0 Å². The summed E-state index contributed by atoms with van der Waals surface area (Å²) in [5.41, 5.74) is 2.73. The van der Waals surface area contributed by atoms with Gasteiger partial charge in [-0.1, -0.05) is 11.8 Å². The maximum absolute atomic E-state index is 12.5. The molecule has 4 rings (SSSR count). The van der Waals surface area contributed by atoms with Crippen molar-refractivity contribution in [3.8, 4) is 5.75 Å². The van der Waals surface area contributed by atoms with Gasteiger partial charge in [0.15, 0.2) is 5.16 Å². The number of aromatic amines is 2. The summed E-state index contributed by atoms with van der Waals surface area (Å²) < 4.78 is 5.24. The molecule has 0 radical (unpaired) electrons. The predicted molar refractivity (Wildman–Crippen MR) is 107 cm³/mol. The van der Waals surface area contributed by atoms with Crippen LogP contribution in [0.5, 0.6) is 5.75 Å². The van der Waals surface area contributed by atoms with Crippen LogP contribution in [0, 0.1) is 13.8 Å². The van der Waals surface area contributed by atoms with Gasteiger partial charge < -0.3 is 14.7 Å². The number of nitrogens with one attached hydrogen (secondary N) is 2. The largest absolute Gasteiger partial charge is 0.497 e. The summed E-state index contributed by atoms with van der Waals surface area (Å²) in [6.45, 7) is 5.99. The Morgan fingerprint density at radius 2 is 2.04 bits per heavy atom. The Labute approximate surface area is 158 Å². The van der Waals surface area contributed by atoms with Crippen LogP contribution in [0.15, 0.2) is 28.2 Å². The summed E-state index contributed by atoms with van der Waals surface area (Å²) in [6.07, 6.45) is 0. The molecular weight excluding hydrogens is 368 g/mol.